The van der Waals surface area contributed by atoms with Crippen LogP contribution in [0.1, 0.15) is 25.3 Å². The molecule has 7 heteroatoms. The Morgan fingerprint density at radius 1 is 1.07 bits per heavy atom. The molecule has 148 valence electrons. The predicted molar refractivity (Wildman–Crippen MR) is 114 cm³/mol. The molecule has 0 aromatic heterocycles. The highest BCUT2D eigenvalue weighted by molar-refractivity contribution is 6.35. The molecule has 3 rings (SSSR count). The Hall–Kier alpha value is -2.08. The van der Waals surface area contributed by atoms with E-state index in [0.29, 0.717) is 34.5 Å². The van der Waals surface area contributed by atoms with E-state index in [1.54, 1.807) is 18.2 Å². The molecule has 1 atom stereocenters. The van der Waals surface area contributed by atoms with Crippen LogP contribution in [0.3, 0.4) is 0 Å². The number of benzene rings is 2. The van der Waals surface area contributed by atoms with Crippen LogP contribution in [0.15, 0.2) is 42.5 Å². The zero-order valence-corrected chi connectivity index (χ0v) is 17.2. The zero-order chi connectivity index (χ0) is 20.1. The molecule has 28 heavy (non-hydrogen) atoms. The van der Waals surface area contributed by atoms with Crippen molar-refractivity contribution in [1.82, 2.24) is 4.90 Å². The molecule has 2 aromatic carbocycles. The number of nitrogens with one attached hydrogen (secondary N) is 2. The van der Waals surface area contributed by atoms with Crippen LogP contribution in [0.25, 0.3) is 0 Å². The molecule has 1 aliphatic rings. The van der Waals surface area contributed by atoms with Gasteiger partial charge < -0.3 is 10.6 Å². The highest BCUT2D eigenvalue weighted by Gasteiger charge is 2.26. The van der Waals surface area contributed by atoms with Crippen LogP contribution in [0.5, 0.6) is 0 Å². The molecule has 2 aromatic rings. The van der Waals surface area contributed by atoms with Crippen LogP contribution in [0, 0.1) is 5.92 Å². The molecule has 0 saturated carbocycles. The van der Waals surface area contributed by atoms with E-state index in [0.717, 1.165) is 24.9 Å². The Balaban J connectivity index is 1.62. The molecule has 0 bridgehead atoms. The van der Waals surface area contributed by atoms with E-state index in [2.05, 4.69) is 15.5 Å². The van der Waals surface area contributed by atoms with Crippen LogP contribution in [-0.4, -0.2) is 29.8 Å². The monoisotopic (exact) mass is 419 g/mol. The number of hydrogen-bond donors (Lipinski definition) is 2. The number of halogens is 2. The number of anilines is 2. The highest BCUT2D eigenvalue weighted by atomic mass is 35.5. The summed E-state index contributed by atoms with van der Waals surface area (Å²) in [5.41, 5.74) is 2.22. The molecule has 0 spiro atoms. The lowest BCUT2D eigenvalue weighted by Crippen LogP contribution is -2.40. The normalized spacial score (nSPS) is 17.2. The Kier molecular flexibility index (Phi) is 6.94. The first-order chi connectivity index (χ1) is 13.4. The Labute approximate surface area is 175 Å². The zero-order valence-electron chi connectivity index (χ0n) is 15.7. The van der Waals surface area contributed by atoms with Crippen molar-refractivity contribution in [2.45, 2.75) is 26.3 Å². The van der Waals surface area contributed by atoms with Crippen molar-refractivity contribution in [2.75, 3.05) is 23.7 Å². The number of carbonyl (C=O) groups excluding carboxylic acids is 2. The summed E-state index contributed by atoms with van der Waals surface area (Å²) in [6.07, 6.45) is 1.77. The SMILES string of the molecule is CC(=O)Nc1cccc(NC(=O)[C@@H]2CCCN(Cc3c(Cl)cccc3Cl)C2)c1. The van der Waals surface area contributed by atoms with Gasteiger partial charge in [0.25, 0.3) is 0 Å². The van der Waals surface area contributed by atoms with Crippen molar-refractivity contribution >= 4 is 46.4 Å². The smallest absolute Gasteiger partial charge is 0.228 e. The maximum atomic E-state index is 12.8. The molecular formula is C21H23Cl2N3O2. The molecule has 1 heterocycles. The van der Waals surface area contributed by atoms with Gasteiger partial charge in [0.05, 0.1) is 5.92 Å². The summed E-state index contributed by atoms with van der Waals surface area (Å²) in [6, 6.07) is 12.6. The summed E-state index contributed by atoms with van der Waals surface area (Å²) in [7, 11) is 0. The summed E-state index contributed by atoms with van der Waals surface area (Å²) in [6.45, 7) is 3.63. The standard InChI is InChI=1S/C21H23Cl2N3O2/c1-14(27)24-16-6-2-7-17(11-16)25-21(28)15-5-4-10-26(12-15)13-18-19(22)8-3-9-20(18)23/h2-3,6-9,11,15H,4-5,10,12-13H2,1H3,(H,24,27)(H,25,28)/t15-/m1/s1. The number of hydrogen-bond acceptors (Lipinski definition) is 3. The number of nitrogens with zero attached hydrogens (tertiary/aromatic N) is 1. The Bertz CT molecular complexity index is 852. The van der Waals surface area contributed by atoms with Crippen LogP contribution >= 0.6 is 23.2 Å². The van der Waals surface area contributed by atoms with Crippen molar-refractivity contribution in [3.8, 4) is 0 Å². The lowest BCUT2D eigenvalue weighted by molar-refractivity contribution is -0.121. The van der Waals surface area contributed by atoms with Crippen LogP contribution in [-0.2, 0) is 16.1 Å². The van der Waals surface area contributed by atoms with E-state index in [9.17, 15) is 9.59 Å². The summed E-state index contributed by atoms with van der Waals surface area (Å²) >= 11 is 12.6. The molecule has 1 saturated heterocycles. The second-order valence-electron chi connectivity index (χ2n) is 7.03. The molecular weight excluding hydrogens is 397 g/mol. The van der Waals surface area contributed by atoms with Gasteiger partial charge in [-0.15, -0.1) is 0 Å². The predicted octanol–water partition coefficient (Wildman–Crippen LogP) is 4.80. The van der Waals surface area contributed by atoms with Gasteiger partial charge in [0.2, 0.25) is 11.8 Å². The Morgan fingerprint density at radius 2 is 1.71 bits per heavy atom. The van der Waals surface area contributed by atoms with Gasteiger partial charge in [-0.1, -0.05) is 35.3 Å². The lowest BCUT2D eigenvalue weighted by Gasteiger charge is -2.32. The molecule has 0 radical (unpaired) electrons. The van der Waals surface area contributed by atoms with Gasteiger partial charge >= 0.3 is 0 Å². The van der Waals surface area contributed by atoms with Gasteiger partial charge in [0.15, 0.2) is 0 Å². The summed E-state index contributed by atoms with van der Waals surface area (Å²) in [5, 5.41) is 6.98. The van der Waals surface area contributed by atoms with E-state index >= 15 is 0 Å². The van der Waals surface area contributed by atoms with Gasteiger partial charge in [-0.25, -0.2) is 0 Å². The number of rotatable bonds is 5. The summed E-state index contributed by atoms with van der Waals surface area (Å²) < 4.78 is 0. The maximum absolute atomic E-state index is 12.8. The van der Waals surface area contributed by atoms with E-state index in [1.165, 1.54) is 6.92 Å². The molecule has 1 fully saturated rings. The fourth-order valence-corrected chi connectivity index (χ4v) is 3.96. The van der Waals surface area contributed by atoms with Crippen LogP contribution in [0.4, 0.5) is 11.4 Å². The molecule has 0 unspecified atom stereocenters. The minimum absolute atomic E-state index is 0.0186. The average Bonchev–Trinajstić information content (AvgIpc) is 2.65. The maximum Gasteiger partial charge on any atom is 0.228 e. The third kappa shape index (κ3) is 5.47. The highest BCUT2D eigenvalue weighted by Crippen LogP contribution is 2.28. The average molecular weight is 420 g/mol. The quantitative estimate of drug-likeness (QED) is 0.731. The fraction of sp³-hybridized carbons (Fsp3) is 0.333. The van der Waals surface area contributed by atoms with Crippen molar-refractivity contribution in [1.29, 1.82) is 0 Å². The van der Waals surface area contributed by atoms with E-state index in [4.69, 9.17) is 23.2 Å². The molecule has 1 aliphatic heterocycles. The topological polar surface area (TPSA) is 61.4 Å². The second kappa shape index (κ2) is 9.41. The van der Waals surface area contributed by atoms with Crippen molar-refractivity contribution in [3.05, 3.63) is 58.1 Å². The van der Waals surface area contributed by atoms with Gasteiger partial charge in [-0.05, 0) is 49.7 Å². The fourth-order valence-electron chi connectivity index (χ4n) is 3.44. The lowest BCUT2D eigenvalue weighted by atomic mass is 9.96. The van der Waals surface area contributed by atoms with Crippen LogP contribution < -0.4 is 10.6 Å². The minimum Gasteiger partial charge on any atom is -0.326 e. The van der Waals surface area contributed by atoms with E-state index in [1.807, 2.05) is 24.3 Å². The molecule has 0 aliphatic carbocycles. The number of carbonyl (C=O) groups is 2. The first kappa shape index (κ1) is 20.6. The molecule has 2 N–H and O–H groups in total. The summed E-state index contributed by atoms with van der Waals surface area (Å²) in [5.74, 6) is -0.279. The first-order valence-electron chi connectivity index (χ1n) is 9.26. The number of likely N-dealkylation sites (tertiary alicyclic amines) is 1. The molecule has 5 nitrogen and oxygen atoms in total. The van der Waals surface area contributed by atoms with Gasteiger partial charge in [0, 0.05) is 47.0 Å². The van der Waals surface area contributed by atoms with Crippen LogP contribution in [0.2, 0.25) is 10.0 Å². The third-order valence-electron chi connectivity index (χ3n) is 4.77. The third-order valence-corrected chi connectivity index (χ3v) is 5.48. The van der Waals surface area contributed by atoms with Gasteiger partial charge in [-0.2, -0.15) is 0 Å². The summed E-state index contributed by atoms with van der Waals surface area (Å²) in [4.78, 5) is 26.2. The largest absolute Gasteiger partial charge is 0.326 e. The van der Waals surface area contributed by atoms with Crippen molar-refractivity contribution in [3.63, 3.8) is 0 Å². The van der Waals surface area contributed by atoms with E-state index in [-0.39, 0.29) is 17.7 Å². The van der Waals surface area contributed by atoms with Crippen molar-refractivity contribution in [2.24, 2.45) is 5.92 Å². The minimum atomic E-state index is -0.148. The van der Waals surface area contributed by atoms with E-state index < -0.39 is 0 Å². The van der Waals surface area contributed by atoms with Gasteiger partial charge in [-0.3, -0.25) is 14.5 Å². The van der Waals surface area contributed by atoms with Gasteiger partial charge in [0.1, 0.15) is 0 Å². The first-order valence-corrected chi connectivity index (χ1v) is 10.0. The van der Waals surface area contributed by atoms with Crippen molar-refractivity contribution < 1.29 is 9.59 Å². The second-order valence-corrected chi connectivity index (χ2v) is 7.84. The molecule has 2 amide bonds. The number of amides is 2. The number of piperidine rings is 1. The Morgan fingerprint density at radius 3 is 2.39 bits per heavy atom.